The first-order valence-corrected chi connectivity index (χ1v) is 12.9. The smallest absolute Gasteiger partial charge is 0.264 e. The van der Waals surface area contributed by atoms with Crippen LogP contribution >= 0.6 is 22.6 Å². The summed E-state index contributed by atoms with van der Waals surface area (Å²) < 4.78 is 29.7. The number of sulfonamides is 1. The third kappa shape index (κ3) is 4.75. The molecule has 0 saturated carbocycles. The molecule has 30 heavy (non-hydrogen) atoms. The number of aromatic hydroxyl groups is 1. The van der Waals surface area contributed by atoms with Gasteiger partial charge in [-0.1, -0.05) is 69.5 Å². The molecule has 1 N–H and O–H groups in total. The lowest BCUT2D eigenvalue weighted by molar-refractivity contribution is 0.459. The number of halogens is 1. The summed E-state index contributed by atoms with van der Waals surface area (Å²) in [6.07, 6.45) is 4.06. The van der Waals surface area contributed by atoms with Crippen LogP contribution in [0.4, 0.5) is 5.69 Å². The van der Waals surface area contributed by atoms with Gasteiger partial charge in [-0.2, -0.15) is 0 Å². The molecule has 160 valence electrons. The van der Waals surface area contributed by atoms with Gasteiger partial charge in [-0.05, 0) is 59.2 Å². The van der Waals surface area contributed by atoms with E-state index in [2.05, 4.69) is 36.4 Å². The Morgan fingerprint density at radius 2 is 1.70 bits per heavy atom. The minimum Gasteiger partial charge on any atom is -0.506 e. The Morgan fingerprint density at radius 3 is 2.37 bits per heavy atom. The number of fused-ring (bicyclic) bond motifs is 1. The summed E-state index contributed by atoms with van der Waals surface area (Å²) in [6.45, 7) is 4.69. The highest BCUT2D eigenvalue weighted by molar-refractivity contribution is 14.1. The van der Waals surface area contributed by atoms with Crippen LogP contribution in [0.15, 0.2) is 65.6 Å². The van der Waals surface area contributed by atoms with E-state index in [9.17, 15) is 13.5 Å². The monoisotopic (exact) mass is 537 g/mol. The fourth-order valence-corrected chi connectivity index (χ4v) is 5.76. The highest BCUT2D eigenvalue weighted by Gasteiger charge is 2.28. The van der Waals surface area contributed by atoms with Gasteiger partial charge in [0.1, 0.15) is 5.75 Å². The average Bonchev–Trinajstić information content (AvgIpc) is 2.77. The molecule has 1 unspecified atom stereocenters. The standard InChI is InChI=1S/C24H28INO3S/c1-3-5-10-18(4-2)17-26(30(28,29)19-11-7-6-8-12-19)23-14-9-13-21-20(23)15-16-22(25)24(21)27/h6-9,11-16,18,27H,3-5,10,17H2,1-2H3. The van der Waals surface area contributed by atoms with Crippen LogP contribution in [0.5, 0.6) is 5.75 Å². The lowest BCUT2D eigenvalue weighted by atomic mass is 9.99. The Labute approximate surface area is 193 Å². The van der Waals surface area contributed by atoms with Crippen molar-refractivity contribution >= 4 is 49.1 Å². The Hall–Kier alpha value is -1.80. The third-order valence-corrected chi connectivity index (χ3v) is 8.19. The maximum absolute atomic E-state index is 13.7. The summed E-state index contributed by atoms with van der Waals surface area (Å²) in [5, 5.41) is 12.0. The van der Waals surface area contributed by atoms with Gasteiger partial charge < -0.3 is 5.11 Å². The summed E-state index contributed by atoms with van der Waals surface area (Å²) in [4.78, 5) is 0.280. The molecule has 0 aliphatic rings. The zero-order valence-corrected chi connectivity index (χ0v) is 20.4. The number of hydrogen-bond donors (Lipinski definition) is 1. The fraction of sp³-hybridized carbons (Fsp3) is 0.333. The zero-order chi connectivity index (χ0) is 21.7. The molecular weight excluding hydrogens is 509 g/mol. The number of anilines is 1. The van der Waals surface area contributed by atoms with E-state index in [-0.39, 0.29) is 16.6 Å². The van der Waals surface area contributed by atoms with Crippen molar-refractivity contribution in [3.05, 3.63) is 64.2 Å². The van der Waals surface area contributed by atoms with Gasteiger partial charge in [-0.25, -0.2) is 8.42 Å². The zero-order valence-electron chi connectivity index (χ0n) is 17.4. The Morgan fingerprint density at radius 1 is 0.967 bits per heavy atom. The molecule has 0 radical (unpaired) electrons. The Balaban J connectivity index is 2.17. The van der Waals surface area contributed by atoms with Crippen LogP contribution in [-0.2, 0) is 10.0 Å². The number of rotatable bonds is 9. The molecule has 3 aromatic rings. The van der Waals surface area contributed by atoms with E-state index in [0.29, 0.717) is 17.6 Å². The van der Waals surface area contributed by atoms with Crippen LogP contribution in [-0.4, -0.2) is 20.1 Å². The molecule has 0 heterocycles. The number of phenols is 1. The molecule has 0 aromatic heterocycles. The molecule has 0 fully saturated rings. The molecule has 3 aromatic carbocycles. The molecule has 4 nitrogen and oxygen atoms in total. The number of nitrogens with zero attached hydrogens (tertiary/aromatic N) is 1. The molecule has 0 aliphatic heterocycles. The highest BCUT2D eigenvalue weighted by atomic mass is 127. The molecule has 6 heteroatoms. The number of benzene rings is 3. The minimum absolute atomic E-state index is 0.185. The predicted molar refractivity (Wildman–Crippen MR) is 133 cm³/mol. The van der Waals surface area contributed by atoms with E-state index in [1.165, 1.54) is 0 Å². The van der Waals surface area contributed by atoms with Crippen LogP contribution in [0.25, 0.3) is 10.8 Å². The lowest BCUT2D eigenvalue weighted by Crippen LogP contribution is -2.35. The van der Waals surface area contributed by atoms with Gasteiger partial charge in [0, 0.05) is 17.3 Å². The molecule has 0 saturated heterocycles. The second-order valence-electron chi connectivity index (χ2n) is 7.53. The maximum Gasteiger partial charge on any atom is 0.264 e. The molecule has 1 atom stereocenters. The molecule has 0 amide bonds. The molecular formula is C24H28INO3S. The van der Waals surface area contributed by atoms with Crippen molar-refractivity contribution < 1.29 is 13.5 Å². The van der Waals surface area contributed by atoms with E-state index in [1.54, 1.807) is 28.6 Å². The van der Waals surface area contributed by atoms with Gasteiger partial charge in [0.15, 0.2) is 0 Å². The van der Waals surface area contributed by atoms with Gasteiger partial charge in [-0.3, -0.25) is 4.31 Å². The predicted octanol–water partition coefficient (Wildman–Crippen LogP) is 6.56. The summed E-state index contributed by atoms with van der Waals surface area (Å²) in [7, 11) is -3.75. The van der Waals surface area contributed by atoms with Crippen molar-refractivity contribution in [2.75, 3.05) is 10.8 Å². The largest absolute Gasteiger partial charge is 0.506 e. The fourth-order valence-electron chi connectivity index (χ4n) is 3.71. The second kappa shape index (κ2) is 10.0. The van der Waals surface area contributed by atoms with Crippen LogP contribution in [0.1, 0.15) is 39.5 Å². The van der Waals surface area contributed by atoms with Crippen molar-refractivity contribution in [2.24, 2.45) is 5.92 Å². The lowest BCUT2D eigenvalue weighted by Gasteiger charge is -2.29. The SMILES string of the molecule is CCCCC(CC)CN(c1cccc2c(O)c(I)ccc12)S(=O)(=O)c1ccccc1. The van der Waals surface area contributed by atoms with Gasteiger partial charge in [0.05, 0.1) is 14.2 Å². The molecule has 3 rings (SSSR count). The second-order valence-corrected chi connectivity index (χ2v) is 10.6. The summed E-state index contributed by atoms with van der Waals surface area (Å²) in [6, 6.07) is 17.8. The molecule has 0 bridgehead atoms. The molecule has 0 spiro atoms. The summed E-state index contributed by atoms with van der Waals surface area (Å²) in [5.74, 6) is 0.446. The van der Waals surface area contributed by atoms with Crippen molar-refractivity contribution in [3.63, 3.8) is 0 Å². The Bertz CT molecular complexity index is 1100. The summed E-state index contributed by atoms with van der Waals surface area (Å²) in [5.41, 5.74) is 0.609. The van der Waals surface area contributed by atoms with Crippen LogP contribution in [0.3, 0.4) is 0 Å². The first kappa shape index (κ1) is 22.9. The van der Waals surface area contributed by atoms with Gasteiger partial charge in [0.25, 0.3) is 10.0 Å². The van der Waals surface area contributed by atoms with Crippen LogP contribution in [0.2, 0.25) is 0 Å². The first-order chi connectivity index (χ1) is 14.4. The van der Waals surface area contributed by atoms with Gasteiger partial charge >= 0.3 is 0 Å². The van der Waals surface area contributed by atoms with Crippen molar-refractivity contribution in [3.8, 4) is 5.75 Å². The van der Waals surface area contributed by atoms with Crippen LogP contribution < -0.4 is 4.31 Å². The van der Waals surface area contributed by atoms with E-state index >= 15 is 0 Å². The average molecular weight is 537 g/mol. The van der Waals surface area contributed by atoms with Gasteiger partial charge in [-0.15, -0.1) is 0 Å². The maximum atomic E-state index is 13.7. The number of hydrogen-bond acceptors (Lipinski definition) is 3. The van der Waals surface area contributed by atoms with E-state index in [4.69, 9.17) is 0 Å². The number of unbranched alkanes of at least 4 members (excludes halogenated alkanes) is 1. The van der Waals surface area contributed by atoms with Crippen molar-refractivity contribution in [1.82, 2.24) is 0 Å². The normalized spacial score (nSPS) is 12.8. The first-order valence-electron chi connectivity index (χ1n) is 10.4. The Kier molecular flexibility index (Phi) is 7.63. The van der Waals surface area contributed by atoms with Crippen LogP contribution in [0, 0.1) is 9.49 Å². The number of phenolic OH excluding ortho intramolecular Hbond substituents is 1. The summed E-state index contributed by atoms with van der Waals surface area (Å²) >= 11 is 2.09. The van der Waals surface area contributed by atoms with Crippen molar-refractivity contribution in [2.45, 2.75) is 44.4 Å². The van der Waals surface area contributed by atoms with Crippen molar-refractivity contribution in [1.29, 1.82) is 0 Å². The highest BCUT2D eigenvalue weighted by Crippen LogP contribution is 2.37. The van der Waals surface area contributed by atoms with Gasteiger partial charge in [0.2, 0.25) is 0 Å². The minimum atomic E-state index is -3.75. The van der Waals surface area contributed by atoms with E-state index in [0.717, 1.165) is 34.6 Å². The van der Waals surface area contributed by atoms with E-state index < -0.39 is 10.0 Å². The third-order valence-electron chi connectivity index (χ3n) is 5.53. The topological polar surface area (TPSA) is 57.6 Å². The van der Waals surface area contributed by atoms with E-state index in [1.807, 2.05) is 36.4 Å². The molecule has 0 aliphatic carbocycles. The quantitative estimate of drug-likeness (QED) is 0.315.